The number of ether oxygens (including phenoxy) is 1. The number of anilines is 1. The standard InChI is InChI=1S/C24H30BrN5O2S/c1-29-14-18(17-2-4-20(5-3-17)32-10-7-16-6-8-26-13-16)12-19(15-29)27-22-21(25)23(31)30-9-11-33-24(30)28-22/h2-5,9,11,16,18-19,26-27H,6-8,10,12-15H2,1H3/t16?,18-,19+/m0/s1. The van der Waals surface area contributed by atoms with Crippen LogP contribution >= 0.6 is 27.3 Å². The molecule has 2 aliphatic heterocycles. The Morgan fingerprint density at radius 2 is 2.15 bits per heavy atom. The summed E-state index contributed by atoms with van der Waals surface area (Å²) in [4.78, 5) is 20.3. The summed E-state index contributed by atoms with van der Waals surface area (Å²) < 4.78 is 8.05. The van der Waals surface area contributed by atoms with E-state index >= 15 is 0 Å². The number of rotatable bonds is 7. The monoisotopic (exact) mass is 531 g/mol. The summed E-state index contributed by atoms with van der Waals surface area (Å²) in [6.07, 6.45) is 5.11. The number of piperidine rings is 1. The molecule has 7 nitrogen and oxygen atoms in total. The van der Waals surface area contributed by atoms with Crippen LogP contribution in [0, 0.1) is 5.92 Å². The van der Waals surface area contributed by atoms with Crippen molar-refractivity contribution in [1.82, 2.24) is 19.6 Å². The van der Waals surface area contributed by atoms with Gasteiger partial charge in [0, 0.05) is 30.7 Å². The number of nitrogens with one attached hydrogen (secondary N) is 2. The lowest BCUT2D eigenvalue weighted by atomic mass is 9.88. The summed E-state index contributed by atoms with van der Waals surface area (Å²) in [6, 6.07) is 8.80. The van der Waals surface area contributed by atoms with Crippen molar-refractivity contribution in [3.05, 3.63) is 56.2 Å². The van der Waals surface area contributed by atoms with Gasteiger partial charge in [-0.2, -0.15) is 0 Å². The zero-order valence-corrected chi connectivity index (χ0v) is 21.2. The number of thiazole rings is 1. The van der Waals surface area contributed by atoms with E-state index < -0.39 is 0 Å². The van der Waals surface area contributed by atoms with E-state index in [1.165, 1.54) is 23.3 Å². The van der Waals surface area contributed by atoms with Crippen LogP contribution in [0.2, 0.25) is 0 Å². The number of hydrogen-bond acceptors (Lipinski definition) is 7. The molecule has 2 N–H and O–H groups in total. The van der Waals surface area contributed by atoms with Crippen molar-refractivity contribution in [2.24, 2.45) is 5.92 Å². The molecule has 33 heavy (non-hydrogen) atoms. The first kappa shape index (κ1) is 22.8. The molecule has 0 amide bonds. The molecular weight excluding hydrogens is 502 g/mol. The van der Waals surface area contributed by atoms with E-state index in [-0.39, 0.29) is 11.6 Å². The average molecular weight is 533 g/mol. The van der Waals surface area contributed by atoms with E-state index in [4.69, 9.17) is 4.74 Å². The van der Waals surface area contributed by atoms with Gasteiger partial charge in [0.15, 0.2) is 4.96 Å². The summed E-state index contributed by atoms with van der Waals surface area (Å²) in [6.45, 7) is 4.95. The van der Waals surface area contributed by atoms with Crippen molar-refractivity contribution in [1.29, 1.82) is 0 Å². The Bertz CT molecular complexity index is 1140. The molecule has 5 rings (SSSR count). The predicted molar refractivity (Wildman–Crippen MR) is 137 cm³/mol. The van der Waals surface area contributed by atoms with Gasteiger partial charge in [-0.1, -0.05) is 12.1 Å². The highest BCUT2D eigenvalue weighted by Gasteiger charge is 2.27. The fourth-order valence-corrected chi connectivity index (χ4v) is 6.05. The lowest BCUT2D eigenvalue weighted by Gasteiger charge is -2.36. The molecule has 2 aromatic heterocycles. The van der Waals surface area contributed by atoms with Crippen LogP contribution in [0.5, 0.6) is 5.75 Å². The maximum Gasteiger partial charge on any atom is 0.275 e. The molecule has 0 bridgehead atoms. The Morgan fingerprint density at radius 3 is 2.94 bits per heavy atom. The molecule has 4 heterocycles. The largest absolute Gasteiger partial charge is 0.494 e. The molecule has 0 aliphatic carbocycles. The summed E-state index contributed by atoms with van der Waals surface area (Å²) in [5, 5.41) is 8.82. The normalized spacial score (nSPS) is 23.8. The van der Waals surface area contributed by atoms with Crippen LogP contribution in [-0.2, 0) is 0 Å². The summed E-state index contributed by atoms with van der Waals surface area (Å²) in [5.41, 5.74) is 1.24. The van der Waals surface area contributed by atoms with Crippen molar-refractivity contribution in [2.75, 3.05) is 45.2 Å². The van der Waals surface area contributed by atoms with Crippen molar-refractivity contribution in [3.63, 3.8) is 0 Å². The van der Waals surface area contributed by atoms with Crippen LogP contribution in [0.1, 0.15) is 30.7 Å². The SMILES string of the molecule is CN1C[C@H](Nc2nc3sccn3c(=O)c2Br)C[C@H](c2ccc(OCCC3CCNC3)cc2)C1. The van der Waals surface area contributed by atoms with Crippen LogP contribution in [0.15, 0.2) is 45.1 Å². The fraction of sp³-hybridized carbons (Fsp3) is 0.500. The second-order valence-corrected chi connectivity index (χ2v) is 10.9. The second-order valence-electron chi connectivity index (χ2n) is 9.20. The molecule has 0 spiro atoms. The molecule has 0 saturated carbocycles. The smallest absolute Gasteiger partial charge is 0.275 e. The molecule has 176 valence electrons. The second kappa shape index (κ2) is 10.1. The van der Waals surface area contributed by atoms with Gasteiger partial charge in [-0.05, 0) is 84.9 Å². The van der Waals surface area contributed by atoms with E-state index in [1.54, 1.807) is 10.6 Å². The lowest BCUT2D eigenvalue weighted by Crippen LogP contribution is -2.43. The van der Waals surface area contributed by atoms with Gasteiger partial charge in [0.1, 0.15) is 16.0 Å². The Labute approximate surface area is 206 Å². The molecule has 1 aromatic carbocycles. The van der Waals surface area contributed by atoms with Crippen LogP contribution in [0.25, 0.3) is 4.96 Å². The van der Waals surface area contributed by atoms with E-state index in [1.807, 2.05) is 5.38 Å². The van der Waals surface area contributed by atoms with Crippen LogP contribution in [0.4, 0.5) is 5.82 Å². The van der Waals surface area contributed by atoms with Crippen molar-refractivity contribution in [2.45, 2.75) is 31.2 Å². The van der Waals surface area contributed by atoms with Crippen LogP contribution in [0.3, 0.4) is 0 Å². The highest BCUT2D eigenvalue weighted by molar-refractivity contribution is 9.10. The predicted octanol–water partition coefficient (Wildman–Crippen LogP) is 3.80. The molecule has 1 unspecified atom stereocenters. The summed E-state index contributed by atoms with van der Waals surface area (Å²) in [7, 11) is 2.15. The first-order valence-corrected chi connectivity index (χ1v) is 13.3. The minimum Gasteiger partial charge on any atom is -0.494 e. The number of halogens is 1. The molecule has 2 saturated heterocycles. The Kier molecular flexibility index (Phi) is 7.01. The Hall–Kier alpha value is -1.94. The first-order valence-electron chi connectivity index (χ1n) is 11.6. The topological polar surface area (TPSA) is 70.9 Å². The minimum atomic E-state index is -0.0794. The van der Waals surface area contributed by atoms with Gasteiger partial charge in [-0.15, -0.1) is 11.3 Å². The van der Waals surface area contributed by atoms with Gasteiger partial charge in [0.25, 0.3) is 5.56 Å². The number of likely N-dealkylation sites (tertiary alicyclic amines) is 1. The van der Waals surface area contributed by atoms with Crippen LogP contribution in [-0.4, -0.2) is 60.2 Å². The van der Waals surface area contributed by atoms with Crippen molar-refractivity contribution >= 4 is 38.0 Å². The first-order chi connectivity index (χ1) is 16.1. The quantitative estimate of drug-likeness (QED) is 0.483. The van der Waals surface area contributed by atoms with Crippen molar-refractivity contribution < 1.29 is 4.74 Å². The van der Waals surface area contributed by atoms with Gasteiger partial charge >= 0.3 is 0 Å². The fourth-order valence-electron chi connectivity index (χ4n) is 4.95. The third kappa shape index (κ3) is 5.26. The maximum atomic E-state index is 12.6. The van der Waals surface area contributed by atoms with Crippen molar-refractivity contribution in [3.8, 4) is 5.75 Å². The van der Waals surface area contributed by atoms with Gasteiger partial charge in [-0.25, -0.2) is 4.98 Å². The van der Waals surface area contributed by atoms with Gasteiger partial charge in [0.2, 0.25) is 0 Å². The van der Waals surface area contributed by atoms with Gasteiger partial charge in [0.05, 0.1) is 6.61 Å². The molecule has 0 radical (unpaired) electrons. The zero-order valence-electron chi connectivity index (χ0n) is 18.8. The number of nitrogens with zero attached hydrogens (tertiary/aromatic N) is 3. The summed E-state index contributed by atoms with van der Waals surface area (Å²) in [5.74, 6) is 2.73. The van der Waals surface area contributed by atoms with E-state index in [2.05, 4.69) is 67.8 Å². The Morgan fingerprint density at radius 1 is 1.30 bits per heavy atom. The molecule has 3 atom stereocenters. The molecule has 2 fully saturated rings. The number of likely N-dealkylation sites (N-methyl/N-ethyl adjacent to an activating group) is 1. The lowest BCUT2D eigenvalue weighted by molar-refractivity contribution is 0.235. The Balaban J connectivity index is 1.22. The number of hydrogen-bond donors (Lipinski definition) is 2. The van der Waals surface area contributed by atoms with E-state index in [9.17, 15) is 4.79 Å². The third-order valence-corrected chi connectivity index (χ3v) is 8.17. The highest BCUT2D eigenvalue weighted by atomic mass is 79.9. The minimum absolute atomic E-state index is 0.0794. The number of fused-ring (bicyclic) bond motifs is 1. The zero-order chi connectivity index (χ0) is 22.8. The van der Waals surface area contributed by atoms with E-state index in [0.29, 0.717) is 21.2 Å². The number of benzene rings is 1. The third-order valence-electron chi connectivity index (χ3n) is 6.69. The highest BCUT2D eigenvalue weighted by Crippen LogP contribution is 2.30. The summed E-state index contributed by atoms with van der Waals surface area (Å²) >= 11 is 4.92. The molecule has 9 heteroatoms. The maximum absolute atomic E-state index is 12.6. The van der Waals surface area contributed by atoms with E-state index in [0.717, 1.165) is 57.3 Å². The van der Waals surface area contributed by atoms with Crippen LogP contribution < -0.4 is 20.9 Å². The average Bonchev–Trinajstić information content (AvgIpc) is 3.50. The van der Waals surface area contributed by atoms with Gasteiger partial charge in [-0.3, -0.25) is 9.20 Å². The number of aromatic nitrogens is 2. The van der Waals surface area contributed by atoms with Gasteiger partial charge < -0.3 is 20.3 Å². The molecule has 3 aromatic rings. The molecular formula is C24H30BrN5O2S. The molecule has 2 aliphatic rings.